The van der Waals surface area contributed by atoms with Gasteiger partial charge in [-0.2, -0.15) is 4.57 Å². The fraction of sp³-hybridized carbons (Fsp3) is 0.111. The van der Waals surface area contributed by atoms with Gasteiger partial charge in [0.2, 0.25) is 17.8 Å². The molecular formula is C18H15Br2NO. The molecule has 0 spiro atoms. The van der Waals surface area contributed by atoms with Gasteiger partial charge in [0, 0.05) is 27.6 Å². The zero-order valence-corrected chi connectivity index (χ0v) is 15.3. The lowest BCUT2D eigenvalue weighted by Crippen LogP contribution is -3.00. The topological polar surface area (TPSA) is 20.9 Å². The summed E-state index contributed by atoms with van der Waals surface area (Å²) >= 11 is 3.39. The highest BCUT2D eigenvalue weighted by molar-refractivity contribution is 9.10. The van der Waals surface area contributed by atoms with Crippen LogP contribution >= 0.6 is 15.9 Å². The molecule has 0 radical (unpaired) electrons. The van der Waals surface area contributed by atoms with Crippen LogP contribution in [0.1, 0.15) is 15.9 Å². The lowest BCUT2D eigenvalue weighted by Gasteiger charge is -2.04. The first kappa shape index (κ1) is 16.8. The first-order valence-electron chi connectivity index (χ1n) is 6.82. The Kier molecular flexibility index (Phi) is 5.48. The van der Waals surface area contributed by atoms with Gasteiger partial charge in [-0.05, 0) is 30.7 Å². The molecule has 0 saturated heterocycles. The first-order chi connectivity index (χ1) is 10.1. The number of carbonyl (C=O) groups is 1. The molecule has 2 nitrogen and oxygen atoms in total. The highest BCUT2D eigenvalue weighted by atomic mass is 79.9. The fourth-order valence-electron chi connectivity index (χ4n) is 2.45. The number of carbonyl (C=O) groups excluding carboxylic acids is 1. The molecule has 2 aromatic carbocycles. The van der Waals surface area contributed by atoms with Crippen LogP contribution in [-0.4, -0.2) is 5.78 Å². The number of hydrogen-bond donors (Lipinski definition) is 0. The van der Waals surface area contributed by atoms with Gasteiger partial charge in [0.05, 0.1) is 0 Å². The van der Waals surface area contributed by atoms with E-state index in [1.54, 1.807) is 0 Å². The fourth-order valence-corrected chi connectivity index (χ4v) is 2.71. The third-order valence-electron chi connectivity index (χ3n) is 3.62. The number of aromatic nitrogens is 1. The number of Topliss-reactive ketones (excluding diaryl/α,β-unsaturated/α-hetero) is 1. The molecule has 4 heteroatoms. The monoisotopic (exact) mass is 419 g/mol. The van der Waals surface area contributed by atoms with Gasteiger partial charge in [0.1, 0.15) is 0 Å². The quantitative estimate of drug-likeness (QED) is 0.459. The van der Waals surface area contributed by atoms with E-state index in [0.717, 1.165) is 15.6 Å². The summed E-state index contributed by atoms with van der Waals surface area (Å²) in [7, 11) is 0. The Balaban J connectivity index is 0.00000176. The van der Waals surface area contributed by atoms with Gasteiger partial charge >= 0.3 is 0 Å². The number of hydrogen-bond acceptors (Lipinski definition) is 1. The first-order valence-corrected chi connectivity index (χ1v) is 7.61. The van der Waals surface area contributed by atoms with Crippen LogP contribution in [0.3, 0.4) is 0 Å². The number of ketones is 1. The standard InChI is InChI=1S/C18H15BrNO.BrH/c1-13-10-11-20(17-5-3-2-4-16(13)17)12-18(21)14-6-8-15(19)9-7-14;/h2-11H,12H2,1H3;1H/q+1;/p-1. The SMILES string of the molecule is Cc1cc[n+](CC(=O)c2ccc(Br)cc2)c2ccccc12.[Br-]. The molecule has 3 aromatic rings. The Bertz CT molecular complexity index is 813. The van der Waals surface area contributed by atoms with E-state index in [4.69, 9.17) is 0 Å². The van der Waals surface area contributed by atoms with E-state index in [1.807, 2.05) is 47.2 Å². The van der Waals surface area contributed by atoms with Gasteiger partial charge in [0.15, 0.2) is 6.20 Å². The maximum atomic E-state index is 12.4. The summed E-state index contributed by atoms with van der Waals surface area (Å²) in [6, 6.07) is 17.7. The highest BCUT2D eigenvalue weighted by Gasteiger charge is 2.16. The van der Waals surface area contributed by atoms with Crippen LogP contribution < -0.4 is 21.5 Å². The van der Waals surface area contributed by atoms with Crippen molar-refractivity contribution < 1.29 is 26.3 Å². The molecule has 0 fully saturated rings. The third-order valence-corrected chi connectivity index (χ3v) is 4.15. The number of aryl methyl sites for hydroxylation is 1. The van der Waals surface area contributed by atoms with E-state index in [1.165, 1.54) is 10.9 Å². The van der Waals surface area contributed by atoms with E-state index in [9.17, 15) is 4.79 Å². The smallest absolute Gasteiger partial charge is 0.227 e. The van der Waals surface area contributed by atoms with E-state index in [0.29, 0.717) is 6.54 Å². The summed E-state index contributed by atoms with van der Waals surface area (Å²) in [5.74, 6) is 0.113. The number of pyridine rings is 1. The molecule has 0 N–H and O–H groups in total. The number of rotatable bonds is 3. The Labute approximate surface area is 148 Å². The van der Waals surface area contributed by atoms with Crippen LogP contribution in [0.25, 0.3) is 10.9 Å². The molecule has 0 unspecified atom stereocenters. The zero-order valence-electron chi connectivity index (χ0n) is 12.1. The van der Waals surface area contributed by atoms with E-state index >= 15 is 0 Å². The van der Waals surface area contributed by atoms with Crippen molar-refractivity contribution in [2.24, 2.45) is 0 Å². The van der Waals surface area contributed by atoms with Gasteiger partial charge in [-0.25, -0.2) is 0 Å². The summed E-state index contributed by atoms with van der Waals surface area (Å²) in [5, 5.41) is 1.18. The van der Waals surface area contributed by atoms with Gasteiger partial charge < -0.3 is 17.0 Å². The normalized spacial score (nSPS) is 10.3. The summed E-state index contributed by atoms with van der Waals surface area (Å²) in [4.78, 5) is 12.4. The molecular weight excluding hydrogens is 406 g/mol. The van der Waals surface area contributed by atoms with Crippen LogP contribution in [0.2, 0.25) is 0 Å². The van der Waals surface area contributed by atoms with Crippen LogP contribution in [0.15, 0.2) is 65.3 Å². The Hall–Kier alpha value is -1.52. The largest absolute Gasteiger partial charge is 1.00 e. The van der Waals surface area contributed by atoms with Crippen molar-refractivity contribution in [2.45, 2.75) is 13.5 Å². The second kappa shape index (κ2) is 7.16. The minimum absolute atomic E-state index is 0. The summed E-state index contributed by atoms with van der Waals surface area (Å²) in [6.07, 6.45) is 1.98. The van der Waals surface area contributed by atoms with E-state index in [2.05, 4.69) is 41.1 Å². The van der Waals surface area contributed by atoms with Crippen molar-refractivity contribution in [3.05, 3.63) is 76.4 Å². The molecule has 0 amide bonds. The number of benzene rings is 2. The molecule has 0 aliphatic rings. The summed E-state index contributed by atoms with van der Waals surface area (Å²) in [6.45, 7) is 2.44. The van der Waals surface area contributed by atoms with E-state index < -0.39 is 0 Å². The minimum Gasteiger partial charge on any atom is -1.00 e. The molecule has 0 aliphatic heterocycles. The molecule has 0 atom stereocenters. The molecule has 112 valence electrons. The van der Waals surface area contributed by atoms with Crippen molar-refractivity contribution >= 4 is 32.6 Å². The second-order valence-corrected chi connectivity index (χ2v) is 5.99. The van der Waals surface area contributed by atoms with Crippen molar-refractivity contribution in [3.63, 3.8) is 0 Å². The molecule has 0 bridgehead atoms. The highest BCUT2D eigenvalue weighted by Crippen LogP contribution is 2.15. The average Bonchev–Trinajstić information content (AvgIpc) is 2.51. The molecule has 1 aromatic heterocycles. The van der Waals surface area contributed by atoms with Gasteiger partial charge in [-0.15, -0.1) is 0 Å². The Morgan fingerprint density at radius 2 is 1.73 bits per heavy atom. The van der Waals surface area contributed by atoms with Crippen LogP contribution in [-0.2, 0) is 6.54 Å². The number of fused-ring (bicyclic) bond motifs is 1. The van der Waals surface area contributed by atoms with Crippen molar-refractivity contribution in [1.82, 2.24) is 0 Å². The van der Waals surface area contributed by atoms with Crippen LogP contribution in [0.4, 0.5) is 0 Å². The third kappa shape index (κ3) is 3.45. The number of para-hydroxylation sites is 1. The lowest BCUT2D eigenvalue weighted by molar-refractivity contribution is -0.657. The average molecular weight is 421 g/mol. The maximum absolute atomic E-state index is 12.4. The summed E-state index contributed by atoms with van der Waals surface area (Å²) in [5.41, 5.74) is 3.04. The van der Waals surface area contributed by atoms with Crippen LogP contribution in [0.5, 0.6) is 0 Å². The predicted octanol–water partition coefficient (Wildman–Crippen LogP) is 1.09. The predicted molar refractivity (Wildman–Crippen MR) is 87.4 cm³/mol. The molecule has 0 aliphatic carbocycles. The van der Waals surface area contributed by atoms with Crippen molar-refractivity contribution in [2.75, 3.05) is 0 Å². The Morgan fingerprint density at radius 3 is 2.45 bits per heavy atom. The van der Waals surface area contributed by atoms with Gasteiger partial charge in [0.25, 0.3) is 0 Å². The summed E-state index contributed by atoms with van der Waals surface area (Å²) < 4.78 is 2.99. The lowest BCUT2D eigenvalue weighted by atomic mass is 10.1. The molecule has 3 rings (SSSR count). The second-order valence-electron chi connectivity index (χ2n) is 5.07. The Morgan fingerprint density at radius 1 is 1.05 bits per heavy atom. The molecule has 22 heavy (non-hydrogen) atoms. The molecule has 0 saturated carbocycles. The molecule has 1 heterocycles. The van der Waals surface area contributed by atoms with Crippen molar-refractivity contribution in [3.8, 4) is 0 Å². The van der Waals surface area contributed by atoms with E-state index in [-0.39, 0.29) is 22.8 Å². The maximum Gasteiger partial charge on any atom is 0.227 e. The number of nitrogens with zero attached hydrogens (tertiary/aromatic N) is 1. The minimum atomic E-state index is 0. The van der Waals surface area contributed by atoms with Crippen molar-refractivity contribution in [1.29, 1.82) is 0 Å². The van der Waals surface area contributed by atoms with Crippen LogP contribution in [0, 0.1) is 6.92 Å². The zero-order chi connectivity index (χ0) is 14.8. The van der Waals surface area contributed by atoms with Gasteiger partial charge in [-0.1, -0.05) is 40.2 Å². The van der Waals surface area contributed by atoms with Gasteiger partial charge in [-0.3, -0.25) is 4.79 Å². The number of halogens is 2.